The molecular weight excluding hydrogens is 402 g/mol. The fourth-order valence-corrected chi connectivity index (χ4v) is 3.52. The van der Waals surface area contributed by atoms with Gasteiger partial charge >= 0.3 is 0 Å². The molecule has 0 aliphatic heterocycles. The lowest BCUT2D eigenvalue weighted by molar-refractivity contribution is -0.115. The van der Waals surface area contributed by atoms with Crippen molar-refractivity contribution in [2.45, 2.75) is 31.6 Å². The number of halogens is 2. The second kappa shape index (κ2) is 8.48. The summed E-state index contributed by atoms with van der Waals surface area (Å²) < 4.78 is 19.0. The van der Waals surface area contributed by atoms with Gasteiger partial charge in [0.05, 0.1) is 17.7 Å². The number of benzene rings is 1. The van der Waals surface area contributed by atoms with Crippen LogP contribution in [0.25, 0.3) is 0 Å². The fourth-order valence-electron chi connectivity index (χ4n) is 2.38. The number of rotatable bonds is 8. The maximum Gasteiger partial charge on any atom is 0.134 e. The van der Waals surface area contributed by atoms with Crippen molar-refractivity contribution in [3.63, 3.8) is 0 Å². The van der Waals surface area contributed by atoms with Gasteiger partial charge in [0.15, 0.2) is 0 Å². The highest BCUT2D eigenvalue weighted by atomic mass is 79.9. The lowest BCUT2D eigenvalue weighted by Crippen LogP contribution is -2.61. The van der Waals surface area contributed by atoms with Crippen molar-refractivity contribution in [3.05, 3.63) is 27.1 Å². The zero-order valence-corrected chi connectivity index (χ0v) is 15.4. The molecule has 3 atom stereocenters. The van der Waals surface area contributed by atoms with Crippen LogP contribution in [-0.2, 0) is 9.47 Å². The Kier molecular flexibility index (Phi) is 6.95. The Morgan fingerprint density at radius 2 is 2.10 bits per heavy atom. The summed E-state index contributed by atoms with van der Waals surface area (Å²) in [5.74, 6) is 0.846. The van der Waals surface area contributed by atoms with Crippen molar-refractivity contribution in [2.24, 2.45) is 0 Å². The van der Waals surface area contributed by atoms with Crippen LogP contribution >= 0.6 is 31.9 Å². The Bertz CT molecular complexity index is 459. The zero-order chi connectivity index (χ0) is 15.2. The van der Waals surface area contributed by atoms with Crippen LogP contribution in [0.3, 0.4) is 0 Å². The number of hydrogen-bond acceptors (Lipinski definition) is 4. The molecule has 0 amide bonds. The molecule has 1 N–H and O–H groups in total. The third-order valence-corrected chi connectivity index (χ3v) is 4.60. The van der Waals surface area contributed by atoms with Gasteiger partial charge in [-0.25, -0.2) is 0 Å². The van der Waals surface area contributed by atoms with Gasteiger partial charge in [-0.15, -0.1) is 0 Å². The molecule has 118 valence electrons. The van der Waals surface area contributed by atoms with Crippen LogP contribution in [0.15, 0.2) is 27.1 Å². The van der Waals surface area contributed by atoms with Crippen LogP contribution in [0.5, 0.6) is 5.75 Å². The van der Waals surface area contributed by atoms with Gasteiger partial charge in [0, 0.05) is 24.0 Å². The minimum atomic E-state index is 0.0654. The molecule has 6 heteroatoms. The Hall–Kier alpha value is -0.140. The van der Waals surface area contributed by atoms with Crippen molar-refractivity contribution in [1.82, 2.24) is 5.32 Å². The summed E-state index contributed by atoms with van der Waals surface area (Å²) in [6.07, 6.45) is 1.09. The summed E-state index contributed by atoms with van der Waals surface area (Å²) in [4.78, 5) is 0. The van der Waals surface area contributed by atoms with Crippen LogP contribution in [0, 0.1) is 0 Å². The second-order valence-corrected chi connectivity index (χ2v) is 6.73. The van der Waals surface area contributed by atoms with Crippen molar-refractivity contribution in [1.29, 1.82) is 0 Å². The van der Waals surface area contributed by atoms with Gasteiger partial charge in [-0.3, -0.25) is 0 Å². The van der Waals surface area contributed by atoms with Gasteiger partial charge in [-0.1, -0.05) is 22.9 Å². The topological polar surface area (TPSA) is 39.7 Å². The molecular formula is C15H21Br2NO3. The van der Waals surface area contributed by atoms with E-state index >= 15 is 0 Å². The molecule has 21 heavy (non-hydrogen) atoms. The van der Waals surface area contributed by atoms with E-state index in [4.69, 9.17) is 14.2 Å². The van der Waals surface area contributed by atoms with Crippen molar-refractivity contribution < 1.29 is 14.2 Å². The summed E-state index contributed by atoms with van der Waals surface area (Å²) in [6, 6.07) is 6.27. The van der Waals surface area contributed by atoms with Gasteiger partial charge in [0.25, 0.3) is 0 Å². The van der Waals surface area contributed by atoms with Gasteiger partial charge in [-0.2, -0.15) is 0 Å². The van der Waals surface area contributed by atoms with E-state index in [2.05, 4.69) is 44.1 Å². The molecule has 1 aliphatic rings. The predicted molar refractivity (Wildman–Crippen MR) is 90.0 cm³/mol. The van der Waals surface area contributed by atoms with Gasteiger partial charge < -0.3 is 19.5 Å². The fraction of sp³-hybridized carbons (Fsp3) is 0.600. The Labute approximate surface area is 142 Å². The van der Waals surface area contributed by atoms with Crippen LogP contribution in [-0.4, -0.2) is 45.1 Å². The standard InChI is InChI=1S/C15H21Br2NO3/c1-3-18-12-9-14(15(12)20-7-6-19-2)21-13-5-4-10(16)8-11(13)17/h4-5,8,12,14-15,18H,3,6-7,9H2,1-2H3. The molecule has 0 saturated heterocycles. The molecule has 2 rings (SSSR count). The molecule has 0 bridgehead atoms. The number of hydrogen-bond donors (Lipinski definition) is 1. The Morgan fingerprint density at radius 3 is 2.76 bits per heavy atom. The van der Waals surface area contributed by atoms with E-state index in [1.54, 1.807) is 7.11 Å². The van der Waals surface area contributed by atoms with Crippen molar-refractivity contribution in [3.8, 4) is 5.75 Å². The molecule has 1 aliphatic carbocycles. The van der Waals surface area contributed by atoms with E-state index in [-0.39, 0.29) is 12.2 Å². The summed E-state index contributed by atoms with van der Waals surface area (Å²) >= 11 is 6.97. The smallest absolute Gasteiger partial charge is 0.134 e. The molecule has 0 spiro atoms. The average molecular weight is 423 g/mol. The van der Waals surface area contributed by atoms with Crippen LogP contribution in [0.4, 0.5) is 0 Å². The minimum absolute atomic E-state index is 0.0654. The van der Waals surface area contributed by atoms with Gasteiger partial charge in [0.1, 0.15) is 18.0 Å². The quantitative estimate of drug-likeness (QED) is 0.652. The third kappa shape index (κ3) is 4.66. The summed E-state index contributed by atoms with van der Waals surface area (Å²) in [7, 11) is 1.68. The molecule has 1 aromatic carbocycles. The van der Waals surface area contributed by atoms with E-state index in [9.17, 15) is 0 Å². The van der Waals surface area contributed by atoms with Crippen molar-refractivity contribution in [2.75, 3.05) is 26.9 Å². The largest absolute Gasteiger partial charge is 0.486 e. The number of likely N-dealkylation sites (N-methyl/N-ethyl adjacent to an activating group) is 1. The molecule has 1 aromatic rings. The van der Waals surface area contributed by atoms with Gasteiger partial charge in [0.2, 0.25) is 0 Å². The predicted octanol–water partition coefficient (Wildman–Crippen LogP) is 3.37. The highest BCUT2D eigenvalue weighted by Gasteiger charge is 2.43. The first kappa shape index (κ1) is 17.2. The van der Waals surface area contributed by atoms with E-state index in [1.807, 2.05) is 18.2 Å². The molecule has 0 radical (unpaired) electrons. The second-order valence-electron chi connectivity index (χ2n) is 4.96. The van der Waals surface area contributed by atoms with Crippen LogP contribution < -0.4 is 10.1 Å². The molecule has 0 aromatic heterocycles. The lowest BCUT2D eigenvalue weighted by Gasteiger charge is -2.44. The zero-order valence-electron chi connectivity index (χ0n) is 12.3. The van der Waals surface area contributed by atoms with Crippen molar-refractivity contribution >= 4 is 31.9 Å². The molecule has 4 nitrogen and oxygen atoms in total. The van der Waals surface area contributed by atoms with Gasteiger partial charge in [-0.05, 0) is 40.7 Å². The number of methoxy groups -OCH3 is 1. The summed E-state index contributed by atoms with van der Waals surface area (Å²) in [6.45, 7) is 4.23. The third-order valence-electron chi connectivity index (χ3n) is 3.49. The Morgan fingerprint density at radius 1 is 1.29 bits per heavy atom. The van der Waals surface area contributed by atoms with E-state index in [0.717, 1.165) is 27.7 Å². The van der Waals surface area contributed by atoms with Crippen LogP contribution in [0.2, 0.25) is 0 Å². The van der Waals surface area contributed by atoms with Crippen LogP contribution in [0.1, 0.15) is 13.3 Å². The molecule has 3 unspecified atom stereocenters. The van der Waals surface area contributed by atoms with E-state index in [0.29, 0.717) is 19.3 Å². The average Bonchev–Trinajstić information content (AvgIpc) is 2.44. The maximum absolute atomic E-state index is 6.08. The first-order chi connectivity index (χ1) is 10.2. The number of nitrogens with one attached hydrogen (secondary N) is 1. The summed E-state index contributed by atoms with van der Waals surface area (Å²) in [5.41, 5.74) is 0. The number of ether oxygens (including phenoxy) is 3. The highest BCUT2D eigenvalue weighted by molar-refractivity contribution is 9.11. The first-order valence-corrected chi connectivity index (χ1v) is 8.70. The first-order valence-electron chi connectivity index (χ1n) is 7.11. The monoisotopic (exact) mass is 421 g/mol. The Balaban J connectivity index is 1.94. The maximum atomic E-state index is 6.08. The highest BCUT2D eigenvalue weighted by Crippen LogP contribution is 2.34. The van der Waals surface area contributed by atoms with E-state index in [1.165, 1.54) is 0 Å². The molecule has 1 saturated carbocycles. The molecule has 0 heterocycles. The van der Waals surface area contributed by atoms with E-state index < -0.39 is 0 Å². The normalized spacial score (nSPS) is 24.7. The lowest BCUT2D eigenvalue weighted by atomic mass is 9.85. The molecule has 1 fully saturated rings. The SMILES string of the molecule is CCNC1CC(Oc2ccc(Br)cc2Br)C1OCCOC. The minimum Gasteiger partial charge on any atom is -0.486 e. The summed E-state index contributed by atoms with van der Waals surface area (Å²) in [5, 5.41) is 3.43.